The highest BCUT2D eigenvalue weighted by Crippen LogP contribution is 2.30. The summed E-state index contributed by atoms with van der Waals surface area (Å²) in [5.41, 5.74) is 0. The summed E-state index contributed by atoms with van der Waals surface area (Å²) in [7, 11) is 10.6. The number of halogens is 1. The van der Waals surface area contributed by atoms with Crippen LogP contribution in [0.4, 0.5) is 11.6 Å². The lowest BCUT2D eigenvalue weighted by molar-refractivity contribution is 0.0816. The lowest BCUT2D eigenvalue weighted by Crippen LogP contribution is -2.27. The summed E-state index contributed by atoms with van der Waals surface area (Å²) in [6.45, 7) is 0. The first-order chi connectivity index (χ1) is 8.25. The van der Waals surface area contributed by atoms with E-state index in [0.717, 1.165) is 0 Å². The quantitative estimate of drug-likeness (QED) is 0.820. The van der Waals surface area contributed by atoms with Gasteiger partial charge in [-0.2, -0.15) is 0 Å². The van der Waals surface area contributed by atoms with Gasteiger partial charge in [-0.3, -0.25) is 4.79 Å². The third-order valence-corrected chi connectivity index (χ3v) is 2.60. The second kappa shape index (κ2) is 5.39. The number of anilines is 2. The summed E-state index contributed by atoms with van der Waals surface area (Å²) in [6.07, 6.45) is 0. The molecule has 1 aromatic heterocycles. The monoisotopic (exact) mass is 271 g/mol. The Balaban J connectivity index is 3.43. The maximum atomic E-state index is 11.9. The smallest absolute Gasteiger partial charge is 0.291 e. The van der Waals surface area contributed by atoms with E-state index < -0.39 is 0 Å². The minimum atomic E-state index is -0.252. The van der Waals surface area contributed by atoms with E-state index in [0.29, 0.717) is 16.7 Å². The molecule has 1 aromatic rings. The van der Waals surface area contributed by atoms with Crippen LogP contribution in [0.1, 0.15) is 10.6 Å². The van der Waals surface area contributed by atoms with Crippen molar-refractivity contribution in [2.75, 3.05) is 52.1 Å². The highest BCUT2D eigenvalue weighted by molar-refractivity contribution is 6.35. The van der Waals surface area contributed by atoms with E-state index in [1.165, 1.54) is 4.90 Å². The van der Waals surface area contributed by atoms with Crippen LogP contribution in [-0.2, 0) is 0 Å². The van der Waals surface area contributed by atoms with E-state index in [-0.39, 0.29) is 11.7 Å². The van der Waals surface area contributed by atoms with Gasteiger partial charge in [0, 0.05) is 42.3 Å². The van der Waals surface area contributed by atoms with Crippen LogP contribution >= 0.6 is 11.6 Å². The van der Waals surface area contributed by atoms with Crippen molar-refractivity contribution in [2.45, 2.75) is 0 Å². The molecule has 0 atom stereocenters. The lowest BCUT2D eigenvalue weighted by Gasteiger charge is -2.20. The van der Waals surface area contributed by atoms with Crippen LogP contribution in [0.15, 0.2) is 0 Å². The molecule has 7 heteroatoms. The summed E-state index contributed by atoms with van der Waals surface area (Å²) in [6, 6.07) is 0. The zero-order valence-corrected chi connectivity index (χ0v) is 12.3. The number of amides is 1. The van der Waals surface area contributed by atoms with E-state index >= 15 is 0 Å². The Morgan fingerprint density at radius 3 is 1.61 bits per heavy atom. The number of hydrogen-bond donors (Lipinski definition) is 0. The molecular weight excluding hydrogens is 254 g/mol. The molecule has 0 aliphatic heterocycles. The van der Waals surface area contributed by atoms with Gasteiger partial charge in [-0.05, 0) is 0 Å². The van der Waals surface area contributed by atoms with Crippen LogP contribution in [0.25, 0.3) is 0 Å². The highest BCUT2D eigenvalue weighted by Gasteiger charge is 2.20. The van der Waals surface area contributed by atoms with E-state index in [1.807, 2.05) is 28.2 Å². The van der Waals surface area contributed by atoms with Gasteiger partial charge in [0.1, 0.15) is 5.02 Å². The molecule has 1 rings (SSSR count). The van der Waals surface area contributed by atoms with Crippen molar-refractivity contribution in [3.05, 3.63) is 10.8 Å². The minimum Gasteiger partial charge on any atom is -0.361 e. The average molecular weight is 272 g/mol. The van der Waals surface area contributed by atoms with Gasteiger partial charge in [-0.25, -0.2) is 9.97 Å². The van der Waals surface area contributed by atoms with Crippen LogP contribution in [0, 0.1) is 0 Å². The molecule has 0 fully saturated rings. The van der Waals surface area contributed by atoms with Crippen molar-refractivity contribution < 1.29 is 4.79 Å². The molecule has 0 unspecified atom stereocenters. The van der Waals surface area contributed by atoms with Crippen LogP contribution in [0.5, 0.6) is 0 Å². The molecule has 0 aromatic carbocycles. The van der Waals surface area contributed by atoms with E-state index in [9.17, 15) is 4.79 Å². The Morgan fingerprint density at radius 1 is 0.944 bits per heavy atom. The minimum absolute atomic E-state index is 0.136. The Bertz CT molecular complexity index is 430. The first-order valence-corrected chi connectivity index (χ1v) is 5.77. The second-order valence-corrected chi connectivity index (χ2v) is 4.87. The molecule has 0 saturated heterocycles. The molecule has 0 aliphatic carbocycles. The Kier molecular flexibility index (Phi) is 4.34. The van der Waals surface area contributed by atoms with Gasteiger partial charge in [-0.1, -0.05) is 11.6 Å². The van der Waals surface area contributed by atoms with Crippen molar-refractivity contribution in [2.24, 2.45) is 0 Å². The number of carbonyl (C=O) groups excluding carboxylic acids is 1. The molecule has 0 aliphatic rings. The molecule has 100 valence electrons. The molecule has 0 N–H and O–H groups in total. The number of rotatable bonds is 3. The summed E-state index contributed by atoms with van der Waals surface area (Å²) in [5.74, 6) is 0.941. The summed E-state index contributed by atoms with van der Waals surface area (Å²) in [5, 5.41) is 0.431. The topological polar surface area (TPSA) is 52.6 Å². The van der Waals surface area contributed by atoms with Crippen LogP contribution in [-0.4, -0.2) is 63.1 Å². The molecule has 18 heavy (non-hydrogen) atoms. The SMILES string of the molecule is CN(C)C(=O)c1nc(N(C)C)c(Cl)c(N(C)C)n1. The van der Waals surface area contributed by atoms with Gasteiger partial charge in [0.2, 0.25) is 5.82 Å². The number of carbonyl (C=O) groups is 1. The summed E-state index contributed by atoms with van der Waals surface area (Å²) >= 11 is 6.22. The van der Waals surface area contributed by atoms with Gasteiger partial charge in [0.25, 0.3) is 5.91 Å². The molecule has 0 bridgehead atoms. The fourth-order valence-corrected chi connectivity index (χ4v) is 1.73. The normalized spacial score (nSPS) is 10.2. The van der Waals surface area contributed by atoms with E-state index in [2.05, 4.69) is 9.97 Å². The average Bonchev–Trinajstić information content (AvgIpc) is 2.27. The summed E-state index contributed by atoms with van der Waals surface area (Å²) < 4.78 is 0. The molecule has 1 heterocycles. The first-order valence-electron chi connectivity index (χ1n) is 5.39. The van der Waals surface area contributed by atoms with Crippen molar-refractivity contribution in [3.8, 4) is 0 Å². The molecule has 6 nitrogen and oxygen atoms in total. The van der Waals surface area contributed by atoms with Crippen molar-refractivity contribution >= 4 is 29.1 Å². The predicted octanol–water partition coefficient (Wildman–Crippen LogP) is 0.964. The third-order valence-electron chi connectivity index (χ3n) is 2.26. The Morgan fingerprint density at radius 2 is 1.33 bits per heavy atom. The molecular formula is C11H18ClN5O. The molecule has 0 saturated carbocycles. The maximum absolute atomic E-state index is 11.9. The van der Waals surface area contributed by atoms with Gasteiger partial charge in [-0.15, -0.1) is 0 Å². The number of nitrogens with zero attached hydrogens (tertiary/aromatic N) is 5. The lowest BCUT2D eigenvalue weighted by atomic mass is 10.4. The largest absolute Gasteiger partial charge is 0.361 e. The Hall–Kier alpha value is -1.56. The summed E-state index contributed by atoms with van der Waals surface area (Å²) in [4.78, 5) is 25.3. The zero-order chi connectivity index (χ0) is 14.0. The van der Waals surface area contributed by atoms with Gasteiger partial charge >= 0.3 is 0 Å². The number of aromatic nitrogens is 2. The molecule has 0 radical (unpaired) electrons. The zero-order valence-electron chi connectivity index (χ0n) is 11.5. The van der Waals surface area contributed by atoms with Crippen LogP contribution in [0.3, 0.4) is 0 Å². The fourth-order valence-electron chi connectivity index (χ4n) is 1.31. The van der Waals surface area contributed by atoms with Crippen LogP contribution in [0.2, 0.25) is 5.02 Å². The standard InChI is InChI=1S/C11H18ClN5O/c1-15(2)9-7(12)10(16(3)4)14-8(13-9)11(18)17(5)6/h1-6H3. The highest BCUT2D eigenvalue weighted by atomic mass is 35.5. The van der Waals surface area contributed by atoms with Crippen molar-refractivity contribution in [1.82, 2.24) is 14.9 Å². The van der Waals surface area contributed by atoms with Gasteiger partial charge in [0.05, 0.1) is 0 Å². The number of hydrogen-bond acceptors (Lipinski definition) is 5. The third kappa shape index (κ3) is 2.81. The van der Waals surface area contributed by atoms with Crippen molar-refractivity contribution in [3.63, 3.8) is 0 Å². The first kappa shape index (κ1) is 14.5. The fraction of sp³-hybridized carbons (Fsp3) is 0.545. The molecule has 0 spiro atoms. The second-order valence-electron chi connectivity index (χ2n) is 4.50. The maximum Gasteiger partial charge on any atom is 0.291 e. The van der Waals surface area contributed by atoms with Gasteiger partial charge in [0.15, 0.2) is 11.6 Å². The van der Waals surface area contributed by atoms with E-state index in [1.54, 1.807) is 23.9 Å². The predicted molar refractivity (Wildman–Crippen MR) is 73.7 cm³/mol. The van der Waals surface area contributed by atoms with Crippen LogP contribution < -0.4 is 9.80 Å². The van der Waals surface area contributed by atoms with Crippen molar-refractivity contribution in [1.29, 1.82) is 0 Å². The van der Waals surface area contributed by atoms with E-state index in [4.69, 9.17) is 11.6 Å². The van der Waals surface area contributed by atoms with Gasteiger partial charge < -0.3 is 14.7 Å². The molecule has 1 amide bonds. The Labute approximate surface area is 112 Å².